The van der Waals surface area contributed by atoms with Crippen molar-refractivity contribution in [2.75, 3.05) is 5.73 Å². The van der Waals surface area contributed by atoms with Gasteiger partial charge in [0.05, 0.1) is 17.6 Å². The molecule has 0 fully saturated rings. The molecule has 3 aromatic rings. The third-order valence-electron chi connectivity index (χ3n) is 3.28. The molecule has 2 N–H and O–H groups in total. The van der Waals surface area contributed by atoms with Crippen LogP contribution in [0.3, 0.4) is 0 Å². The first-order chi connectivity index (χ1) is 10.0. The molecule has 2 aromatic carbocycles. The van der Waals surface area contributed by atoms with Gasteiger partial charge in [0.15, 0.2) is 0 Å². The van der Waals surface area contributed by atoms with Gasteiger partial charge in [0.2, 0.25) is 0 Å². The lowest BCUT2D eigenvalue weighted by atomic mass is 10.1. The van der Waals surface area contributed by atoms with Crippen molar-refractivity contribution >= 4 is 39.9 Å². The lowest BCUT2D eigenvalue weighted by molar-refractivity contribution is 0.884. The first-order valence-electron chi connectivity index (χ1n) is 6.42. The zero-order valence-electron chi connectivity index (χ0n) is 11.3. The quantitative estimate of drug-likeness (QED) is 0.624. The molecule has 0 aliphatic rings. The van der Waals surface area contributed by atoms with Crippen molar-refractivity contribution in [3.8, 4) is 16.9 Å². The molecule has 0 atom stereocenters. The van der Waals surface area contributed by atoms with Crippen LogP contribution in [0.15, 0.2) is 48.7 Å². The van der Waals surface area contributed by atoms with Crippen LogP contribution >= 0.6 is 34.2 Å². The van der Waals surface area contributed by atoms with E-state index in [9.17, 15) is 0 Å². The van der Waals surface area contributed by atoms with Gasteiger partial charge < -0.3 is 5.73 Å². The Hall–Kier alpha value is -1.53. The lowest BCUT2D eigenvalue weighted by Crippen LogP contribution is -1.95. The molecule has 0 saturated carbocycles. The highest BCUT2D eigenvalue weighted by Crippen LogP contribution is 2.27. The minimum atomic E-state index is 0.646. The van der Waals surface area contributed by atoms with Crippen molar-refractivity contribution in [3.05, 3.63) is 62.8 Å². The van der Waals surface area contributed by atoms with Crippen LogP contribution in [0.25, 0.3) is 16.9 Å². The zero-order valence-corrected chi connectivity index (χ0v) is 14.3. The van der Waals surface area contributed by atoms with Crippen LogP contribution in [0.5, 0.6) is 0 Å². The fourth-order valence-corrected chi connectivity index (χ4v) is 2.61. The van der Waals surface area contributed by atoms with Crippen LogP contribution < -0.4 is 5.73 Å². The highest BCUT2D eigenvalue weighted by Gasteiger charge is 2.10. The van der Waals surface area contributed by atoms with Crippen LogP contribution in [-0.2, 0) is 0 Å². The van der Waals surface area contributed by atoms with Gasteiger partial charge in [-0.15, -0.1) is 0 Å². The molecule has 0 aliphatic carbocycles. The first kappa shape index (κ1) is 14.4. The summed E-state index contributed by atoms with van der Waals surface area (Å²) in [7, 11) is 0. The summed E-state index contributed by atoms with van der Waals surface area (Å²) >= 11 is 8.45. The largest absolute Gasteiger partial charge is 0.396 e. The van der Waals surface area contributed by atoms with E-state index < -0.39 is 0 Å². The predicted octanol–water partition coefficient (Wildman–Crippen LogP) is 4.69. The minimum absolute atomic E-state index is 0.646. The lowest BCUT2D eigenvalue weighted by Gasteiger charge is -2.04. The van der Waals surface area contributed by atoms with Gasteiger partial charge in [0.1, 0.15) is 5.69 Å². The molecule has 0 aliphatic heterocycles. The van der Waals surface area contributed by atoms with Crippen molar-refractivity contribution in [3.63, 3.8) is 0 Å². The van der Waals surface area contributed by atoms with Crippen molar-refractivity contribution < 1.29 is 0 Å². The normalized spacial score (nSPS) is 10.8. The number of nitrogen functional groups attached to an aromatic ring is 1. The molecule has 3 nitrogen and oxygen atoms in total. The fraction of sp³-hybridized carbons (Fsp3) is 0.0625. The summed E-state index contributed by atoms with van der Waals surface area (Å²) in [5.74, 6) is 0. The molecule has 0 amide bonds. The minimum Gasteiger partial charge on any atom is -0.396 e. The van der Waals surface area contributed by atoms with Crippen LogP contribution in [0.1, 0.15) is 5.56 Å². The second kappa shape index (κ2) is 5.69. The molecule has 5 heteroatoms. The third-order valence-corrected chi connectivity index (χ3v) is 4.41. The van der Waals surface area contributed by atoms with E-state index in [1.54, 1.807) is 4.68 Å². The average molecular weight is 410 g/mol. The molecule has 0 saturated heterocycles. The summed E-state index contributed by atoms with van der Waals surface area (Å²) in [4.78, 5) is 0. The number of nitrogens with two attached hydrogens (primary N) is 1. The number of aryl methyl sites for hydroxylation is 1. The maximum absolute atomic E-state index is 6.17. The van der Waals surface area contributed by atoms with Gasteiger partial charge in [-0.05, 0) is 59.3 Å². The molecule has 3 rings (SSSR count). The average Bonchev–Trinajstić information content (AvgIpc) is 2.85. The van der Waals surface area contributed by atoms with Crippen molar-refractivity contribution in [2.45, 2.75) is 6.92 Å². The number of hydrogen-bond donors (Lipinski definition) is 1. The molecule has 21 heavy (non-hydrogen) atoms. The second-order valence-electron chi connectivity index (χ2n) is 4.82. The number of anilines is 1. The van der Waals surface area contributed by atoms with Crippen LogP contribution in [0.2, 0.25) is 5.02 Å². The van der Waals surface area contributed by atoms with E-state index in [2.05, 4.69) is 27.7 Å². The highest BCUT2D eigenvalue weighted by molar-refractivity contribution is 14.1. The van der Waals surface area contributed by atoms with Crippen molar-refractivity contribution in [1.82, 2.24) is 9.78 Å². The third kappa shape index (κ3) is 2.91. The van der Waals surface area contributed by atoms with Gasteiger partial charge in [0.25, 0.3) is 0 Å². The van der Waals surface area contributed by atoms with E-state index in [-0.39, 0.29) is 0 Å². The van der Waals surface area contributed by atoms with Gasteiger partial charge >= 0.3 is 0 Å². The molecule has 0 unspecified atom stereocenters. The van der Waals surface area contributed by atoms with Crippen LogP contribution in [-0.4, -0.2) is 9.78 Å². The Labute approximate surface area is 141 Å². The predicted molar refractivity (Wildman–Crippen MR) is 95.9 cm³/mol. The number of hydrogen-bond acceptors (Lipinski definition) is 2. The summed E-state index contributed by atoms with van der Waals surface area (Å²) in [5.41, 5.74) is 10.5. The van der Waals surface area contributed by atoms with Gasteiger partial charge in [-0.1, -0.05) is 29.8 Å². The Morgan fingerprint density at radius 1 is 1.14 bits per heavy atom. The molecule has 1 heterocycles. The molecule has 106 valence electrons. The number of rotatable bonds is 2. The summed E-state index contributed by atoms with van der Waals surface area (Å²) in [6.07, 6.45) is 1.81. The van der Waals surface area contributed by atoms with Crippen molar-refractivity contribution in [2.24, 2.45) is 0 Å². The van der Waals surface area contributed by atoms with E-state index in [4.69, 9.17) is 17.3 Å². The van der Waals surface area contributed by atoms with Gasteiger partial charge in [-0.3, -0.25) is 0 Å². The maximum Gasteiger partial charge on any atom is 0.116 e. The van der Waals surface area contributed by atoms with Gasteiger partial charge in [-0.25, -0.2) is 4.68 Å². The van der Waals surface area contributed by atoms with Gasteiger partial charge in [0, 0.05) is 14.2 Å². The molecule has 0 radical (unpaired) electrons. The Kier molecular flexibility index (Phi) is 3.91. The zero-order chi connectivity index (χ0) is 15.0. The van der Waals surface area contributed by atoms with Gasteiger partial charge in [-0.2, -0.15) is 5.10 Å². The molecule has 1 aromatic heterocycles. The smallest absolute Gasteiger partial charge is 0.116 e. The van der Waals surface area contributed by atoms with E-state index in [1.807, 2.05) is 55.6 Å². The summed E-state index contributed by atoms with van der Waals surface area (Å²) in [6, 6.07) is 14.0. The monoisotopic (exact) mass is 409 g/mol. The number of nitrogens with zero attached hydrogens (tertiary/aromatic N) is 2. The topological polar surface area (TPSA) is 43.8 Å². The molecule has 0 spiro atoms. The maximum atomic E-state index is 6.17. The Morgan fingerprint density at radius 3 is 2.52 bits per heavy atom. The highest BCUT2D eigenvalue weighted by atomic mass is 127. The Balaban J connectivity index is 2.04. The van der Waals surface area contributed by atoms with E-state index in [1.165, 1.54) is 3.57 Å². The summed E-state index contributed by atoms with van der Waals surface area (Å²) < 4.78 is 2.94. The van der Waals surface area contributed by atoms with Crippen LogP contribution in [0, 0.1) is 10.5 Å². The number of aromatic nitrogens is 2. The van der Waals surface area contributed by atoms with Crippen LogP contribution in [0.4, 0.5) is 5.69 Å². The first-order valence-corrected chi connectivity index (χ1v) is 7.88. The molecular formula is C16H13ClIN3. The Morgan fingerprint density at radius 2 is 1.86 bits per heavy atom. The second-order valence-corrected chi connectivity index (χ2v) is 6.47. The van der Waals surface area contributed by atoms with E-state index >= 15 is 0 Å². The van der Waals surface area contributed by atoms with E-state index in [0.29, 0.717) is 5.69 Å². The fourth-order valence-electron chi connectivity index (χ4n) is 2.08. The molecule has 0 bridgehead atoms. The number of benzene rings is 2. The van der Waals surface area contributed by atoms with E-state index in [0.717, 1.165) is 27.5 Å². The van der Waals surface area contributed by atoms with Crippen molar-refractivity contribution in [1.29, 1.82) is 0 Å². The number of halogens is 2. The summed E-state index contributed by atoms with van der Waals surface area (Å²) in [6.45, 7) is 1.97. The SMILES string of the molecule is Cc1ccc(-n2cc(N)c(-c3ccc(I)cc3)n2)cc1Cl. The standard InChI is InChI=1S/C16H13ClIN3/c1-10-2-7-13(8-14(10)17)21-9-15(19)16(20-21)11-3-5-12(18)6-4-11/h2-9H,19H2,1H3. The summed E-state index contributed by atoms with van der Waals surface area (Å²) in [5, 5.41) is 5.30. The molecular weight excluding hydrogens is 397 g/mol. The Bertz CT molecular complexity index is 794.